The third-order valence-corrected chi connectivity index (χ3v) is 4.93. The highest BCUT2D eigenvalue weighted by atomic mass is 32.2. The summed E-state index contributed by atoms with van der Waals surface area (Å²) in [4.78, 5) is 27.4. The van der Waals surface area contributed by atoms with Crippen LogP contribution < -0.4 is 5.32 Å². The smallest absolute Gasteiger partial charge is 0.331 e. The zero-order valence-corrected chi connectivity index (χ0v) is 16.0. The molecule has 3 aromatic rings. The number of hydrogen-bond donors (Lipinski definition) is 1. The van der Waals surface area contributed by atoms with Gasteiger partial charge in [0, 0.05) is 6.08 Å². The van der Waals surface area contributed by atoms with Crippen LogP contribution in [0, 0.1) is 0 Å². The summed E-state index contributed by atoms with van der Waals surface area (Å²) in [5, 5.41) is 10.8. The minimum atomic E-state index is -0.602. The van der Waals surface area contributed by atoms with Crippen LogP contribution in [0.5, 0.6) is 0 Å². The first kappa shape index (κ1) is 18.6. The minimum Gasteiger partial charge on any atom is -0.466 e. The number of oxazole rings is 1. The normalized spacial score (nSPS) is 16.8. The van der Waals surface area contributed by atoms with E-state index in [2.05, 4.69) is 25.2 Å². The van der Waals surface area contributed by atoms with Crippen LogP contribution in [-0.2, 0) is 14.3 Å². The van der Waals surface area contributed by atoms with Gasteiger partial charge < -0.3 is 9.15 Å². The fourth-order valence-corrected chi connectivity index (χ4v) is 3.33. The number of carbonyl (C=O) groups is 2. The number of fused-ring (bicyclic) bond motifs is 1. The number of rotatable bonds is 4. The number of hydrogen-bond acceptors (Lipinski definition) is 8. The van der Waals surface area contributed by atoms with Crippen LogP contribution in [0.2, 0.25) is 0 Å². The molecule has 0 spiro atoms. The van der Waals surface area contributed by atoms with E-state index in [-0.39, 0.29) is 4.91 Å². The van der Waals surface area contributed by atoms with Gasteiger partial charge in [-0.25, -0.2) is 9.78 Å². The van der Waals surface area contributed by atoms with Gasteiger partial charge in [-0.15, -0.1) is 5.10 Å². The van der Waals surface area contributed by atoms with E-state index in [4.69, 9.17) is 4.42 Å². The summed E-state index contributed by atoms with van der Waals surface area (Å²) in [5.41, 5.74) is 4.47. The summed E-state index contributed by atoms with van der Waals surface area (Å²) in [6.07, 6.45) is 4.11. The number of nitrogens with zero attached hydrogens (tertiary/aromatic N) is 3. The average Bonchev–Trinajstić information content (AvgIpc) is 3.34. The molecule has 1 aliphatic heterocycles. The molecule has 1 aromatic heterocycles. The van der Waals surface area contributed by atoms with E-state index in [9.17, 15) is 9.59 Å². The summed E-state index contributed by atoms with van der Waals surface area (Å²) in [6.45, 7) is 0. The first-order chi connectivity index (χ1) is 14.1. The molecule has 0 bridgehead atoms. The molecule has 8 nitrogen and oxygen atoms in total. The molecule has 0 aliphatic carbocycles. The lowest BCUT2D eigenvalue weighted by molar-refractivity contribution is -0.135. The van der Waals surface area contributed by atoms with Crippen LogP contribution in [0.1, 0.15) is 5.56 Å². The van der Waals surface area contributed by atoms with Gasteiger partial charge in [-0.05, 0) is 40.6 Å². The molecule has 9 heteroatoms. The lowest BCUT2D eigenvalue weighted by Gasteiger charge is -2.01. The van der Waals surface area contributed by atoms with Gasteiger partial charge in [0.1, 0.15) is 5.52 Å². The number of aromatic nitrogens is 1. The van der Waals surface area contributed by atoms with Gasteiger partial charge in [0.05, 0.1) is 18.2 Å². The molecule has 0 radical (unpaired) electrons. The van der Waals surface area contributed by atoms with Crippen LogP contribution in [-0.4, -0.2) is 35.4 Å². The molecule has 1 fully saturated rings. The largest absolute Gasteiger partial charge is 0.466 e. The zero-order valence-electron chi connectivity index (χ0n) is 15.2. The van der Waals surface area contributed by atoms with Gasteiger partial charge in [-0.1, -0.05) is 30.3 Å². The fraction of sp³-hybridized carbons (Fsp3) is 0.0500. The van der Waals surface area contributed by atoms with Crippen molar-refractivity contribution in [3.8, 4) is 11.1 Å². The predicted octanol–water partition coefficient (Wildman–Crippen LogP) is 3.10. The Labute approximate surface area is 169 Å². The molecule has 0 atom stereocenters. The SMILES string of the molecule is COC(=O)/C=C1/S/C(=N\N=Cc2ccc(-c3ccc4ocnc4c3)cc2)NC1=O. The molecule has 0 saturated carbocycles. The van der Waals surface area contributed by atoms with Crippen molar-refractivity contribution in [1.82, 2.24) is 10.3 Å². The van der Waals surface area contributed by atoms with E-state index in [0.29, 0.717) is 5.17 Å². The Hall–Kier alpha value is -3.72. The van der Waals surface area contributed by atoms with E-state index in [0.717, 1.165) is 45.6 Å². The minimum absolute atomic E-state index is 0.208. The number of methoxy groups -OCH3 is 1. The molecule has 29 heavy (non-hydrogen) atoms. The first-order valence-corrected chi connectivity index (χ1v) is 9.27. The number of amides is 1. The van der Waals surface area contributed by atoms with E-state index in [1.54, 1.807) is 6.21 Å². The van der Waals surface area contributed by atoms with Crippen molar-refractivity contribution in [3.63, 3.8) is 0 Å². The second kappa shape index (κ2) is 8.11. The molecular formula is C20H14N4O4S. The Morgan fingerprint density at radius 1 is 1.21 bits per heavy atom. The quantitative estimate of drug-likeness (QED) is 0.309. The van der Waals surface area contributed by atoms with Crippen molar-refractivity contribution in [2.75, 3.05) is 7.11 Å². The Morgan fingerprint density at radius 2 is 2.00 bits per heavy atom. The summed E-state index contributed by atoms with van der Waals surface area (Å²) >= 11 is 1.02. The summed E-state index contributed by atoms with van der Waals surface area (Å²) in [6, 6.07) is 13.6. The number of ether oxygens (including phenoxy) is 1. The Bertz CT molecular complexity index is 1180. The molecule has 2 heterocycles. The van der Waals surface area contributed by atoms with Crippen molar-refractivity contribution < 1.29 is 18.7 Å². The Kier molecular flexibility index (Phi) is 5.21. The summed E-state index contributed by atoms with van der Waals surface area (Å²) in [5.74, 6) is -1.02. The van der Waals surface area contributed by atoms with Crippen LogP contribution in [0.4, 0.5) is 0 Å². The third-order valence-electron chi connectivity index (χ3n) is 4.03. The number of amidine groups is 1. The topological polar surface area (TPSA) is 106 Å². The fourth-order valence-electron chi connectivity index (χ4n) is 2.59. The lowest BCUT2D eigenvalue weighted by Crippen LogP contribution is -2.19. The van der Waals surface area contributed by atoms with Gasteiger partial charge in [0.25, 0.3) is 5.91 Å². The lowest BCUT2D eigenvalue weighted by atomic mass is 10.0. The van der Waals surface area contributed by atoms with E-state index >= 15 is 0 Å². The molecule has 0 unspecified atom stereocenters. The van der Waals surface area contributed by atoms with E-state index in [1.165, 1.54) is 13.5 Å². The zero-order chi connectivity index (χ0) is 20.2. The van der Waals surface area contributed by atoms with Crippen LogP contribution >= 0.6 is 11.8 Å². The van der Waals surface area contributed by atoms with Crippen LogP contribution in [0.25, 0.3) is 22.2 Å². The van der Waals surface area contributed by atoms with Crippen LogP contribution in [0.3, 0.4) is 0 Å². The second-order valence-electron chi connectivity index (χ2n) is 5.89. The number of benzene rings is 2. The molecule has 144 valence electrons. The number of carbonyl (C=O) groups excluding carboxylic acids is 2. The van der Waals surface area contributed by atoms with Crippen molar-refractivity contribution in [2.24, 2.45) is 10.2 Å². The van der Waals surface area contributed by atoms with Gasteiger partial charge in [0.2, 0.25) is 0 Å². The van der Waals surface area contributed by atoms with Gasteiger partial charge in [0.15, 0.2) is 17.1 Å². The van der Waals surface area contributed by atoms with Crippen LogP contribution in [0.15, 0.2) is 74.5 Å². The number of nitrogens with one attached hydrogen (secondary N) is 1. The highest BCUT2D eigenvalue weighted by Gasteiger charge is 2.24. The second-order valence-corrected chi connectivity index (χ2v) is 6.93. The molecule has 1 N–H and O–H groups in total. The van der Waals surface area contributed by atoms with Gasteiger partial charge in [-0.3, -0.25) is 10.1 Å². The molecule has 1 aliphatic rings. The molecule has 1 amide bonds. The molecular weight excluding hydrogens is 392 g/mol. The van der Waals surface area contributed by atoms with Crippen molar-refractivity contribution in [2.45, 2.75) is 0 Å². The average molecular weight is 406 g/mol. The van der Waals surface area contributed by atoms with Crippen molar-refractivity contribution in [3.05, 3.63) is 65.4 Å². The molecule has 1 saturated heterocycles. The number of thioether (sulfide) groups is 1. The van der Waals surface area contributed by atoms with Gasteiger partial charge in [-0.2, -0.15) is 5.10 Å². The monoisotopic (exact) mass is 406 g/mol. The van der Waals surface area contributed by atoms with Crippen molar-refractivity contribution in [1.29, 1.82) is 0 Å². The first-order valence-electron chi connectivity index (χ1n) is 8.46. The molecule has 2 aromatic carbocycles. The highest BCUT2D eigenvalue weighted by molar-refractivity contribution is 8.18. The van der Waals surface area contributed by atoms with Gasteiger partial charge >= 0.3 is 5.97 Å². The van der Waals surface area contributed by atoms with E-state index in [1.807, 2.05) is 42.5 Å². The maximum atomic E-state index is 11.8. The maximum Gasteiger partial charge on any atom is 0.331 e. The highest BCUT2D eigenvalue weighted by Crippen LogP contribution is 2.25. The Balaban J connectivity index is 1.44. The van der Waals surface area contributed by atoms with E-state index < -0.39 is 11.9 Å². The number of esters is 1. The standard InChI is InChI=1S/C20H14N4O4S/c1-27-18(25)9-17-19(26)23-20(29-17)24-22-10-12-2-4-13(5-3-12)14-6-7-16-15(8-14)21-11-28-16/h2-11H,1H3,(H,23,24,26)/b17-9+,22-10?. The van der Waals surface area contributed by atoms with Crippen molar-refractivity contribution >= 4 is 46.1 Å². The summed E-state index contributed by atoms with van der Waals surface area (Å²) in [7, 11) is 1.24. The molecule has 4 rings (SSSR count). The maximum absolute atomic E-state index is 11.8. The Morgan fingerprint density at radius 3 is 2.79 bits per heavy atom. The third kappa shape index (κ3) is 4.25. The summed E-state index contributed by atoms with van der Waals surface area (Å²) < 4.78 is 9.76. The predicted molar refractivity (Wildman–Crippen MR) is 110 cm³/mol.